The summed E-state index contributed by atoms with van der Waals surface area (Å²) in [4.78, 5) is 27.5. The third kappa shape index (κ3) is 6.38. The van der Waals surface area contributed by atoms with E-state index in [2.05, 4.69) is 15.5 Å². The average molecular weight is 416 g/mol. The fraction of sp³-hybridized carbons (Fsp3) is 0.500. The first-order valence-electron chi connectivity index (χ1n) is 10.4. The summed E-state index contributed by atoms with van der Waals surface area (Å²) < 4.78 is 13.0. The Hall–Kier alpha value is -2.74. The van der Waals surface area contributed by atoms with Gasteiger partial charge in [0.1, 0.15) is 5.82 Å². The van der Waals surface area contributed by atoms with Crippen LogP contribution in [0.2, 0.25) is 0 Å². The molecule has 2 heterocycles. The van der Waals surface area contributed by atoms with E-state index in [1.54, 1.807) is 19.1 Å². The van der Waals surface area contributed by atoms with Gasteiger partial charge in [-0.05, 0) is 69.6 Å². The smallest absolute Gasteiger partial charge is 0.234 e. The van der Waals surface area contributed by atoms with Crippen molar-refractivity contribution in [2.24, 2.45) is 0 Å². The van der Waals surface area contributed by atoms with Crippen molar-refractivity contribution in [2.45, 2.75) is 38.6 Å². The predicted molar refractivity (Wildman–Crippen MR) is 113 cm³/mol. The van der Waals surface area contributed by atoms with E-state index in [4.69, 9.17) is 0 Å². The number of aromatic amines is 1. The predicted octanol–water partition coefficient (Wildman–Crippen LogP) is 2.21. The lowest BCUT2D eigenvalue weighted by Crippen LogP contribution is -2.48. The summed E-state index contributed by atoms with van der Waals surface area (Å²) in [5.74, 6) is -0.136. The highest BCUT2D eigenvalue weighted by molar-refractivity contribution is 5.78. The third-order valence-corrected chi connectivity index (χ3v) is 5.48. The first kappa shape index (κ1) is 22.0. The van der Waals surface area contributed by atoms with Gasteiger partial charge in [0.25, 0.3) is 0 Å². The molecule has 1 aromatic carbocycles. The minimum absolute atomic E-state index is 0.0268. The molecule has 8 heteroatoms. The van der Waals surface area contributed by atoms with Gasteiger partial charge in [-0.1, -0.05) is 0 Å². The van der Waals surface area contributed by atoms with Crippen LogP contribution < -0.4 is 5.32 Å². The first-order chi connectivity index (χ1) is 14.4. The maximum absolute atomic E-state index is 13.0. The number of halogens is 1. The number of nitrogens with one attached hydrogen (secondary N) is 2. The number of amides is 2. The molecule has 2 aromatic rings. The molecule has 1 aromatic heterocycles. The van der Waals surface area contributed by atoms with E-state index >= 15 is 0 Å². The second kappa shape index (κ2) is 10.3. The molecule has 1 saturated heterocycles. The summed E-state index contributed by atoms with van der Waals surface area (Å²) in [5, 5.41) is 10.4. The number of H-pyrrole nitrogens is 1. The minimum atomic E-state index is -0.261. The van der Waals surface area contributed by atoms with Gasteiger partial charge in [0.05, 0.1) is 12.2 Å². The number of hydrogen-bond donors (Lipinski definition) is 2. The van der Waals surface area contributed by atoms with Crippen LogP contribution in [0, 0.1) is 5.82 Å². The van der Waals surface area contributed by atoms with Crippen LogP contribution in [-0.2, 0) is 16.0 Å². The summed E-state index contributed by atoms with van der Waals surface area (Å²) in [6, 6.07) is 8.41. The number of rotatable bonds is 8. The topological polar surface area (TPSA) is 81.3 Å². The van der Waals surface area contributed by atoms with Crippen LogP contribution >= 0.6 is 0 Å². The molecule has 30 heavy (non-hydrogen) atoms. The van der Waals surface area contributed by atoms with E-state index in [0.717, 1.165) is 49.2 Å². The molecule has 0 spiro atoms. The van der Waals surface area contributed by atoms with Gasteiger partial charge in [0.15, 0.2) is 0 Å². The summed E-state index contributed by atoms with van der Waals surface area (Å²) in [6.45, 7) is 4.15. The number of likely N-dealkylation sites (N-methyl/N-ethyl adjacent to an activating group) is 1. The lowest BCUT2D eigenvalue weighted by molar-refractivity contribution is -0.130. The van der Waals surface area contributed by atoms with Gasteiger partial charge in [-0.15, -0.1) is 0 Å². The zero-order valence-electron chi connectivity index (χ0n) is 17.7. The van der Waals surface area contributed by atoms with Gasteiger partial charge in [-0.2, -0.15) is 5.10 Å². The van der Waals surface area contributed by atoms with E-state index in [1.165, 1.54) is 12.1 Å². The molecule has 0 radical (unpaired) electrons. The summed E-state index contributed by atoms with van der Waals surface area (Å²) in [6.07, 6.45) is 3.34. The van der Waals surface area contributed by atoms with E-state index in [1.807, 2.05) is 22.9 Å². The number of benzene rings is 1. The van der Waals surface area contributed by atoms with Crippen molar-refractivity contribution >= 4 is 11.8 Å². The first-order valence-corrected chi connectivity index (χ1v) is 10.4. The molecule has 162 valence electrons. The maximum atomic E-state index is 13.0. The number of piperidine rings is 1. The van der Waals surface area contributed by atoms with Gasteiger partial charge in [-0.3, -0.25) is 19.6 Å². The summed E-state index contributed by atoms with van der Waals surface area (Å²) in [5.41, 5.74) is 2.69. The van der Waals surface area contributed by atoms with Gasteiger partial charge < -0.3 is 10.2 Å². The van der Waals surface area contributed by atoms with Crippen LogP contribution in [-0.4, -0.2) is 71.1 Å². The average Bonchev–Trinajstić information content (AvgIpc) is 3.17. The van der Waals surface area contributed by atoms with Gasteiger partial charge >= 0.3 is 0 Å². The number of carbonyl (C=O) groups is 2. The maximum Gasteiger partial charge on any atom is 0.234 e. The van der Waals surface area contributed by atoms with Crippen LogP contribution in [0.3, 0.4) is 0 Å². The molecule has 0 bridgehead atoms. The van der Waals surface area contributed by atoms with Crippen LogP contribution in [0.4, 0.5) is 4.39 Å². The Labute approximate surface area is 176 Å². The SMILES string of the molecule is CC(=O)N1CCC(NC(=O)CN(C)CCCc2cc(-c3ccc(F)cc3)n[nH]2)CC1. The zero-order chi connectivity index (χ0) is 21.5. The van der Waals surface area contributed by atoms with Gasteiger partial charge in [0, 0.05) is 37.3 Å². The highest BCUT2D eigenvalue weighted by atomic mass is 19.1. The largest absolute Gasteiger partial charge is 0.352 e. The number of nitrogens with zero attached hydrogens (tertiary/aromatic N) is 3. The van der Waals surface area contributed by atoms with E-state index in [0.29, 0.717) is 19.6 Å². The Morgan fingerprint density at radius 2 is 1.97 bits per heavy atom. The monoisotopic (exact) mass is 415 g/mol. The molecule has 0 unspecified atom stereocenters. The number of aromatic nitrogens is 2. The Balaban J connectivity index is 1.35. The van der Waals surface area contributed by atoms with Crippen molar-refractivity contribution in [1.82, 2.24) is 25.3 Å². The number of aryl methyl sites for hydroxylation is 1. The van der Waals surface area contributed by atoms with Crippen molar-refractivity contribution in [2.75, 3.05) is 33.2 Å². The normalized spacial score (nSPS) is 14.9. The molecule has 0 atom stereocenters. The van der Waals surface area contributed by atoms with Crippen LogP contribution in [0.1, 0.15) is 31.9 Å². The Morgan fingerprint density at radius 3 is 2.63 bits per heavy atom. The molecule has 1 fully saturated rings. The number of likely N-dealkylation sites (tertiary alicyclic amines) is 1. The lowest BCUT2D eigenvalue weighted by atomic mass is 10.1. The lowest BCUT2D eigenvalue weighted by Gasteiger charge is -2.32. The molecule has 2 amide bonds. The summed E-state index contributed by atoms with van der Waals surface area (Å²) in [7, 11) is 1.94. The van der Waals surface area contributed by atoms with Gasteiger partial charge in [0.2, 0.25) is 11.8 Å². The molecular weight excluding hydrogens is 385 g/mol. The number of carbonyl (C=O) groups excluding carboxylic acids is 2. The standard InChI is InChI=1S/C22H30FN5O2/c1-16(29)28-12-9-19(10-13-28)24-22(30)15-27(2)11-3-4-20-14-21(26-25-20)17-5-7-18(23)8-6-17/h5-8,14,19H,3-4,9-13,15H2,1-2H3,(H,24,30)(H,25,26). The van der Waals surface area contributed by atoms with Crippen molar-refractivity contribution in [3.05, 3.63) is 41.8 Å². The highest BCUT2D eigenvalue weighted by Crippen LogP contribution is 2.18. The molecule has 1 aliphatic heterocycles. The van der Waals surface area contributed by atoms with Crippen molar-refractivity contribution in [3.8, 4) is 11.3 Å². The van der Waals surface area contributed by atoms with Crippen LogP contribution in [0.5, 0.6) is 0 Å². The van der Waals surface area contributed by atoms with Crippen molar-refractivity contribution < 1.29 is 14.0 Å². The van der Waals surface area contributed by atoms with Crippen molar-refractivity contribution in [1.29, 1.82) is 0 Å². The fourth-order valence-electron chi connectivity index (χ4n) is 3.73. The second-order valence-corrected chi connectivity index (χ2v) is 7.97. The quantitative estimate of drug-likeness (QED) is 0.693. The van der Waals surface area contributed by atoms with E-state index < -0.39 is 0 Å². The molecule has 0 aliphatic carbocycles. The molecule has 3 rings (SSSR count). The zero-order valence-corrected chi connectivity index (χ0v) is 17.7. The molecule has 7 nitrogen and oxygen atoms in total. The highest BCUT2D eigenvalue weighted by Gasteiger charge is 2.22. The third-order valence-electron chi connectivity index (χ3n) is 5.48. The Morgan fingerprint density at radius 1 is 1.27 bits per heavy atom. The summed E-state index contributed by atoms with van der Waals surface area (Å²) >= 11 is 0. The molecule has 1 aliphatic rings. The Bertz CT molecular complexity index is 843. The second-order valence-electron chi connectivity index (χ2n) is 7.97. The number of hydrogen-bond acceptors (Lipinski definition) is 4. The Kier molecular flexibility index (Phi) is 7.57. The van der Waals surface area contributed by atoms with Gasteiger partial charge in [-0.25, -0.2) is 4.39 Å². The molecule has 2 N–H and O–H groups in total. The minimum Gasteiger partial charge on any atom is -0.352 e. The van der Waals surface area contributed by atoms with E-state index in [-0.39, 0.29) is 23.7 Å². The fourth-order valence-corrected chi connectivity index (χ4v) is 3.73. The van der Waals surface area contributed by atoms with Crippen LogP contribution in [0.15, 0.2) is 30.3 Å². The molecule has 0 saturated carbocycles. The van der Waals surface area contributed by atoms with E-state index in [9.17, 15) is 14.0 Å². The van der Waals surface area contributed by atoms with Crippen LogP contribution in [0.25, 0.3) is 11.3 Å². The van der Waals surface area contributed by atoms with Crippen molar-refractivity contribution in [3.63, 3.8) is 0 Å². The molecular formula is C22H30FN5O2.